The van der Waals surface area contributed by atoms with Crippen LogP contribution in [0.5, 0.6) is 11.5 Å². The van der Waals surface area contributed by atoms with E-state index in [1.807, 2.05) is 6.92 Å². The van der Waals surface area contributed by atoms with Gasteiger partial charge in [-0.2, -0.15) is 0 Å². The van der Waals surface area contributed by atoms with Crippen LogP contribution in [0.3, 0.4) is 0 Å². The molecule has 0 spiro atoms. The fraction of sp³-hybridized carbons (Fsp3) is 0.364. The molecule has 0 saturated heterocycles. The van der Waals surface area contributed by atoms with E-state index in [0.29, 0.717) is 17.1 Å². The number of ketones is 1. The molecule has 4 heteroatoms. The van der Waals surface area contributed by atoms with E-state index in [1.165, 1.54) is 7.11 Å². The van der Waals surface area contributed by atoms with Gasteiger partial charge in [0, 0.05) is 5.56 Å². The molecule has 0 saturated carbocycles. The van der Waals surface area contributed by atoms with Gasteiger partial charge in [-0.25, -0.2) is 0 Å². The van der Waals surface area contributed by atoms with Crippen molar-refractivity contribution in [1.29, 1.82) is 0 Å². The second-order valence-electron chi connectivity index (χ2n) is 3.10. The highest BCUT2D eigenvalue weighted by Crippen LogP contribution is 2.31. The largest absolute Gasteiger partial charge is 0.496 e. The molecule has 82 valence electrons. The monoisotopic (exact) mass is 209 g/mol. The van der Waals surface area contributed by atoms with E-state index < -0.39 is 0 Å². The number of benzene rings is 1. The predicted octanol–water partition coefficient (Wildman–Crippen LogP) is 1.15. The second kappa shape index (κ2) is 4.79. The summed E-state index contributed by atoms with van der Waals surface area (Å²) in [5, 5.41) is 0. The Kier molecular flexibility index (Phi) is 3.68. The van der Waals surface area contributed by atoms with Crippen LogP contribution in [0, 0.1) is 6.92 Å². The van der Waals surface area contributed by atoms with Gasteiger partial charge >= 0.3 is 0 Å². The van der Waals surface area contributed by atoms with Gasteiger partial charge in [0.2, 0.25) is 0 Å². The molecule has 0 radical (unpaired) electrons. The van der Waals surface area contributed by atoms with Gasteiger partial charge in [-0.05, 0) is 19.1 Å². The summed E-state index contributed by atoms with van der Waals surface area (Å²) in [5.74, 6) is 1.09. The topological polar surface area (TPSA) is 61.5 Å². The molecule has 1 rings (SSSR count). The number of nitrogens with two attached hydrogens (primary N) is 1. The highest BCUT2D eigenvalue weighted by atomic mass is 16.5. The number of rotatable bonds is 4. The van der Waals surface area contributed by atoms with Crippen molar-refractivity contribution in [3.05, 3.63) is 23.3 Å². The van der Waals surface area contributed by atoms with Gasteiger partial charge in [0.05, 0.1) is 26.3 Å². The number of methoxy groups -OCH3 is 2. The Morgan fingerprint density at radius 1 is 1.33 bits per heavy atom. The Balaban J connectivity index is 3.30. The molecule has 0 bridgehead atoms. The lowest BCUT2D eigenvalue weighted by Crippen LogP contribution is -2.15. The van der Waals surface area contributed by atoms with Gasteiger partial charge in [-0.1, -0.05) is 0 Å². The molecule has 0 aliphatic heterocycles. The van der Waals surface area contributed by atoms with Gasteiger partial charge in [0.25, 0.3) is 0 Å². The van der Waals surface area contributed by atoms with Crippen molar-refractivity contribution in [3.63, 3.8) is 0 Å². The number of hydrogen-bond acceptors (Lipinski definition) is 4. The summed E-state index contributed by atoms with van der Waals surface area (Å²) in [7, 11) is 3.10. The van der Waals surface area contributed by atoms with Crippen molar-refractivity contribution in [2.24, 2.45) is 5.73 Å². The highest BCUT2D eigenvalue weighted by Gasteiger charge is 2.15. The molecular weight excluding hydrogens is 194 g/mol. The molecule has 2 N–H and O–H groups in total. The van der Waals surface area contributed by atoms with E-state index in [1.54, 1.807) is 19.2 Å². The lowest BCUT2D eigenvalue weighted by Gasteiger charge is -2.13. The summed E-state index contributed by atoms with van der Waals surface area (Å²) >= 11 is 0. The lowest BCUT2D eigenvalue weighted by molar-refractivity contribution is 0.0998. The first-order valence-electron chi connectivity index (χ1n) is 4.60. The minimum Gasteiger partial charge on any atom is -0.496 e. The average Bonchev–Trinajstić information content (AvgIpc) is 2.27. The third-order valence-corrected chi connectivity index (χ3v) is 2.27. The maximum atomic E-state index is 11.5. The van der Waals surface area contributed by atoms with E-state index in [2.05, 4.69) is 0 Å². The third kappa shape index (κ3) is 2.10. The molecule has 0 heterocycles. The van der Waals surface area contributed by atoms with Crippen molar-refractivity contribution in [2.45, 2.75) is 6.92 Å². The van der Waals surface area contributed by atoms with E-state index in [-0.39, 0.29) is 12.3 Å². The number of Topliss-reactive ketones (excluding diaryl/α,β-unsaturated/α-hetero) is 1. The zero-order valence-corrected chi connectivity index (χ0v) is 9.16. The van der Waals surface area contributed by atoms with Gasteiger partial charge in [0.1, 0.15) is 11.5 Å². The smallest absolute Gasteiger partial charge is 0.180 e. The number of ether oxygens (including phenoxy) is 2. The molecule has 0 fully saturated rings. The summed E-state index contributed by atoms with van der Waals surface area (Å²) in [5.41, 5.74) is 6.62. The first kappa shape index (κ1) is 11.5. The molecule has 1 aromatic rings. The first-order valence-corrected chi connectivity index (χ1v) is 4.60. The molecule has 4 nitrogen and oxygen atoms in total. The Bertz CT molecular complexity index is 374. The summed E-state index contributed by atoms with van der Waals surface area (Å²) in [4.78, 5) is 11.5. The summed E-state index contributed by atoms with van der Waals surface area (Å²) in [6, 6.07) is 3.40. The number of hydrogen-bond donors (Lipinski definition) is 1. The van der Waals surface area contributed by atoms with Crippen LogP contribution in [0.15, 0.2) is 12.1 Å². The van der Waals surface area contributed by atoms with E-state index >= 15 is 0 Å². The van der Waals surface area contributed by atoms with Crippen LogP contribution in [0.1, 0.15) is 15.9 Å². The lowest BCUT2D eigenvalue weighted by atomic mass is 10.0. The maximum absolute atomic E-state index is 11.5. The zero-order valence-electron chi connectivity index (χ0n) is 9.16. The summed E-state index contributed by atoms with van der Waals surface area (Å²) in [6.45, 7) is 1.81. The highest BCUT2D eigenvalue weighted by molar-refractivity contribution is 6.00. The zero-order chi connectivity index (χ0) is 11.4. The van der Waals surface area contributed by atoms with Crippen molar-refractivity contribution in [2.75, 3.05) is 20.8 Å². The van der Waals surface area contributed by atoms with Gasteiger partial charge < -0.3 is 15.2 Å². The van der Waals surface area contributed by atoms with Crippen molar-refractivity contribution >= 4 is 5.78 Å². The third-order valence-electron chi connectivity index (χ3n) is 2.27. The molecule has 15 heavy (non-hydrogen) atoms. The number of carbonyl (C=O) groups excluding carboxylic acids is 1. The van der Waals surface area contributed by atoms with Crippen LogP contribution in [0.2, 0.25) is 0 Å². The van der Waals surface area contributed by atoms with Crippen LogP contribution in [-0.2, 0) is 0 Å². The van der Waals surface area contributed by atoms with E-state index in [0.717, 1.165) is 5.56 Å². The SMILES string of the molecule is COc1ccc(C(=O)CN)c(OC)c1C. The second-order valence-corrected chi connectivity index (χ2v) is 3.10. The van der Waals surface area contributed by atoms with E-state index in [4.69, 9.17) is 15.2 Å². The molecule has 0 atom stereocenters. The van der Waals surface area contributed by atoms with Crippen LogP contribution < -0.4 is 15.2 Å². The van der Waals surface area contributed by atoms with Crippen molar-refractivity contribution in [1.82, 2.24) is 0 Å². The summed E-state index contributed by atoms with van der Waals surface area (Å²) < 4.78 is 10.3. The molecule has 0 aliphatic carbocycles. The molecule has 0 unspecified atom stereocenters. The molecule has 1 aromatic carbocycles. The van der Waals surface area contributed by atoms with Crippen LogP contribution in [0.25, 0.3) is 0 Å². The van der Waals surface area contributed by atoms with Crippen molar-refractivity contribution < 1.29 is 14.3 Å². The molecule has 0 aliphatic rings. The Labute approximate surface area is 89.0 Å². The molecule has 0 aromatic heterocycles. The maximum Gasteiger partial charge on any atom is 0.180 e. The van der Waals surface area contributed by atoms with Gasteiger partial charge in [-0.15, -0.1) is 0 Å². The van der Waals surface area contributed by atoms with Gasteiger partial charge in [-0.3, -0.25) is 4.79 Å². The Morgan fingerprint density at radius 3 is 2.47 bits per heavy atom. The van der Waals surface area contributed by atoms with Crippen LogP contribution in [-0.4, -0.2) is 26.5 Å². The fourth-order valence-corrected chi connectivity index (χ4v) is 1.49. The normalized spacial score (nSPS) is 9.87. The first-order chi connectivity index (χ1) is 7.15. The number of carbonyl (C=O) groups is 1. The quantitative estimate of drug-likeness (QED) is 0.756. The molecular formula is C11H15NO3. The van der Waals surface area contributed by atoms with Crippen molar-refractivity contribution in [3.8, 4) is 11.5 Å². The Hall–Kier alpha value is -1.55. The minimum absolute atomic E-state index is 0.0257. The van der Waals surface area contributed by atoms with Gasteiger partial charge in [0.15, 0.2) is 5.78 Å². The standard InChI is InChI=1S/C11H15NO3/c1-7-10(14-2)5-4-8(9(13)6-12)11(7)15-3/h4-5H,6,12H2,1-3H3. The fourth-order valence-electron chi connectivity index (χ4n) is 1.49. The predicted molar refractivity (Wildman–Crippen MR) is 57.7 cm³/mol. The summed E-state index contributed by atoms with van der Waals surface area (Å²) in [6.07, 6.45) is 0. The van der Waals surface area contributed by atoms with Crippen LogP contribution in [0.4, 0.5) is 0 Å². The Morgan fingerprint density at radius 2 is 2.00 bits per heavy atom. The van der Waals surface area contributed by atoms with Crippen LogP contribution >= 0.6 is 0 Å². The van der Waals surface area contributed by atoms with E-state index in [9.17, 15) is 4.79 Å². The molecule has 0 amide bonds. The minimum atomic E-state index is -0.141. The average molecular weight is 209 g/mol.